The molecule has 2 aromatic rings. The second-order valence-electron chi connectivity index (χ2n) is 6.93. The maximum atomic E-state index is 6.10. The van der Waals surface area contributed by atoms with Crippen LogP contribution in [-0.2, 0) is 6.54 Å². The van der Waals surface area contributed by atoms with Crippen LogP contribution in [0.2, 0.25) is 0 Å². The second-order valence-corrected chi connectivity index (χ2v) is 6.93. The molecule has 0 fully saturated rings. The summed E-state index contributed by atoms with van der Waals surface area (Å²) in [4.78, 5) is 8.50. The Kier molecular flexibility index (Phi) is 7.29. The second kappa shape index (κ2) is 9.25. The maximum Gasteiger partial charge on any atom is 0.213 e. The first-order chi connectivity index (χ1) is 12.5. The molecule has 0 spiro atoms. The van der Waals surface area contributed by atoms with Crippen molar-refractivity contribution in [3.8, 4) is 11.6 Å². The number of guanidine groups is 1. The van der Waals surface area contributed by atoms with E-state index < -0.39 is 0 Å². The fourth-order valence-corrected chi connectivity index (χ4v) is 3.15. The molecule has 3 rings (SSSR count). The van der Waals surface area contributed by atoms with E-state index in [1.165, 1.54) is 0 Å². The summed E-state index contributed by atoms with van der Waals surface area (Å²) in [7, 11) is 3.39. The number of para-hydroxylation sites is 1. The predicted octanol–water partition coefficient (Wildman–Crippen LogP) is 3.68. The molecule has 0 saturated carbocycles. The summed E-state index contributed by atoms with van der Waals surface area (Å²) in [5, 5.41) is 6.89. The van der Waals surface area contributed by atoms with Gasteiger partial charge in [0, 0.05) is 37.8 Å². The first kappa shape index (κ1) is 21.3. The number of nitrogens with one attached hydrogen (secondary N) is 2. The lowest BCUT2D eigenvalue weighted by Gasteiger charge is -2.38. The molecular weight excluding hydrogens is 455 g/mol. The van der Waals surface area contributed by atoms with Crippen molar-refractivity contribution in [2.45, 2.75) is 38.5 Å². The summed E-state index contributed by atoms with van der Waals surface area (Å²) >= 11 is 0. The van der Waals surface area contributed by atoms with Gasteiger partial charge in [-0.2, -0.15) is 0 Å². The molecule has 2 heterocycles. The van der Waals surface area contributed by atoms with Crippen LogP contribution in [0.15, 0.2) is 47.6 Å². The zero-order valence-corrected chi connectivity index (χ0v) is 18.5. The molecule has 1 aliphatic heterocycles. The topological polar surface area (TPSA) is 67.8 Å². The molecule has 27 heavy (non-hydrogen) atoms. The number of rotatable bonds is 4. The van der Waals surface area contributed by atoms with Crippen LogP contribution in [0, 0.1) is 0 Å². The smallest absolute Gasteiger partial charge is 0.213 e. The number of ether oxygens (including phenoxy) is 2. The van der Waals surface area contributed by atoms with Crippen LogP contribution in [0.5, 0.6) is 11.6 Å². The molecule has 0 aliphatic carbocycles. The van der Waals surface area contributed by atoms with E-state index in [-0.39, 0.29) is 35.6 Å². The molecule has 6 nitrogen and oxygen atoms in total. The van der Waals surface area contributed by atoms with Gasteiger partial charge in [0.25, 0.3) is 0 Å². The van der Waals surface area contributed by atoms with Gasteiger partial charge in [-0.3, -0.25) is 4.99 Å². The van der Waals surface area contributed by atoms with Gasteiger partial charge in [-0.05, 0) is 31.5 Å². The minimum absolute atomic E-state index is 0. The average Bonchev–Trinajstić information content (AvgIpc) is 2.64. The minimum Gasteiger partial charge on any atom is -0.487 e. The van der Waals surface area contributed by atoms with Crippen LogP contribution in [0.25, 0.3) is 0 Å². The predicted molar refractivity (Wildman–Crippen MR) is 118 cm³/mol. The van der Waals surface area contributed by atoms with Crippen molar-refractivity contribution in [2.24, 2.45) is 4.99 Å². The van der Waals surface area contributed by atoms with E-state index in [2.05, 4.69) is 40.5 Å². The van der Waals surface area contributed by atoms with Crippen LogP contribution < -0.4 is 20.1 Å². The Morgan fingerprint density at radius 1 is 1.33 bits per heavy atom. The van der Waals surface area contributed by atoms with E-state index >= 15 is 0 Å². The fraction of sp³-hybridized carbons (Fsp3) is 0.400. The first-order valence-electron chi connectivity index (χ1n) is 8.75. The average molecular weight is 482 g/mol. The number of halogens is 1. The van der Waals surface area contributed by atoms with Crippen molar-refractivity contribution in [3.63, 3.8) is 0 Å². The Hall–Kier alpha value is -2.03. The van der Waals surface area contributed by atoms with Crippen LogP contribution in [0.3, 0.4) is 0 Å². The Balaban J connectivity index is 0.00000261. The van der Waals surface area contributed by atoms with E-state index in [4.69, 9.17) is 9.47 Å². The number of hydrogen-bond acceptors (Lipinski definition) is 4. The molecule has 0 radical (unpaired) electrons. The standard InChI is InChI=1S/C20H26N4O2.HI/c1-20(2)12-16(15-7-5-6-8-17(15)26-20)24-19(21-3)23-13-14-9-10-22-18(11-14)25-4;/h5-11,16H,12-13H2,1-4H3,(H2,21,23,24);1H. The van der Waals surface area contributed by atoms with E-state index in [0.717, 1.165) is 29.3 Å². The lowest BCUT2D eigenvalue weighted by Crippen LogP contribution is -2.45. The quantitative estimate of drug-likeness (QED) is 0.396. The van der Waals surface area contributed by atoms with Gasteiger partial charge >= 0.3 is 0 Å². The van der Waals surface area contributed by atoms with Crippen molar-refractivity contribution >= 4 is 29.9 Å². The number of hydrogen-bond donors (Lipinski definition) is 2. The summed E-state index contributed by atoms with van der Waals surface area (Å²) in [5.74, 6) is 2.28. The van der Waals surface area contributed by atoms with Gasteiger partial charge in [-0.1, -0.05) is 18.2 Å². The SMILES string of the molecule is CN=C(NCc1ccnc(OC)c1)NC1CC(C)(C)Oc2ccccc21.I. The molecule has 146 valence electrons. The van der Waals surface area contributed by atoms with Gasteiger partial charge in [0.2, 0.25) is 5.88 Å². The van der Waals surface area contributed by atoms with Crippen molar-refractivity contribution in [2.75, 3.05) is 14.2 Å². The molecule has 7 heteroatoms. The van der Waals surface area contributed by atoms with Crippen molar-refractivity contribution in [1.82, 2.24) is 15.6 Å². The highest BCUT2D eigenvalue weighted by atomic mass is 127. The molecule has 1 aliphatic rings. The van der Waals surface area contributed by atoms with Gasteiger partial charge in [-0.25, -0.2) is 4.98 Å². The Bertz CT molecular complexity index is 795. The Morgan fingerprint density at radius 2 is 2.11 bits per heavy atom. The number of aliphatic imine (C=N–C) groups is 1. The van der Waals surface area contributed by atoms with E-state index in [9.17, 15) is 0 Å². The molecule has 1 aromatic carbocycles. The first-order valence-corrected chi connectivity index (χ1v) is 8.75. The summed E-state index contributed by atoms with van der Waals surface area (Å²) in [5.41, 5.74) is 2.00. The van der Waals surface area contributed by atoms with E-state index in [1.807, 2.05) is 30.3 Å². The molecular formula is C20H27IN4O2. The molecule has 0 amide bonds. The third-order valence-corrected chi connectivity index (χ3v) is 4.38. The summed E-state index contributed by atoms with van der Waals surface area (Å²) < 4.78 is 11.3. The van der Waals surface area contributed by atoms with Gasteiger partial charge in [0.15, 0.2) is 5.96 Å². The monoisotopic (exact) mass is 482 g/mol. The van der Waals surface area contributed by atoms with Crippen LogP contribution in [0.4, 0.5) is 0 Å². The summed E-state index contributed by atoms with van der Waals surface area (Å²) in [6, 6.07) is 12.2. The lowest BCUT2D eigenvalue weighted by atomic mass is 9.90. The molecule has 1 unspecified atom stereocenters. The molecule has 0 bridgehead atoms. The summed E-state index contributed by atoms with van der Waals surface area (Å²) in [6.07, 6.45) is 2.59. The highest BCUT2D eigenvalue weighted by molar-refractivity contribution is 14.0. The minimum atomic E-state index is -0.233. The molecule has 0 saturated heterocycles. The molecule has 1 atom stereocenters. The Morgan fingerprint density at radius 3 is 2.85 bits per heavy atom. The van der Waals surface area contributed by atoms with Crippen LogP contribution >= 0.6 is 24.0 Å². The molecule has 2 N–H and O–H groups in total. The maximum absolute atomic E-state index is 6.10. The number of methoxy groups -OCH3 is 1. The van der Waals surface area contributed by atoms with Crippen LogP contribution in [0.1, 0.15) is 37.4 Å². The zero-order valence-electron chi connectivity index (χ0n) is 16.2. The van der Waals surface area contributed by atoms with Gasteiger partial charge in [-0.15, -0.1) is 24.0 Å². The van der Waals surface area contributed by atoms with Gasteiger partial charge < -0.3 is 20.1 Å². The van der Waals surface area contributed by atoms with Crippen molar-refractivity contribution < 1.29 is 9.47 Å². The van der Waals surface area contributed by atoms with Crippen molar-refractivity contribution in [3.05, 3.63) is 53.7 Å². The van der Waals surface area contributed by atoms with E-state index in [1.54, 1.807) is 20.4 Å². The number of benzene rings is 1. The lowest BCUT2D eigenvalue weighted by molar-refractivity contribution is 0.0694. The number of nitrogens with zero attached hydrogens (tertiary/aromatic N) is 2. The number of fused-ring (bicyclic) bond motifs is 1. The largest absolute Gasteiger partial charge is 0.487 e. The summed E-state index contributed by atoms with van der Waals surface area (Å²) in [6.45, 7) is 4.85. The zero-order chi connectivity index (χ0) is 18.6. The highest BCUT2D eigenvalue weighted by Gasteiger charge is 2.33. The molecule has 1 aromatic heterocycles. The van der Waals surface area contributed by atoms with Gasteiger partial charge in [0.1, 0.15) is 11.4 Å². The fourth-order valence-electron chi connectivity index (χ4n) is 3.15. The number of pyridine rings is 1. The number of aromatic nitrogens is 1. The highest BCUT2D eigenvalue weighted by Crippen LogP contribution is 2.39. The normalized spacial score (nSPS) is 17.8. The van der Waals surface area contributed by atoms with E-state index in [0.29, 0.717) is 12.4 Å². The Labute approximate surface area is 177 Å². The third kappa shape index (κ3) is 5.47. The third-order valence-electron chi connectivity index (χ3n) is 4.38. The van der Waals surface area contributed by atoms with Gasteiger partial charge in [0.05, 0.1) is 13.2 Å². The van der Waals surface area contributed by atoms with Crippen LogP contribution in [-0.4, -0.2) is 30.7 Å². The van der Waals surface area contributed by atoms with Crippen molar-refractivity contribution in [1.29, 1.82) is 0 Å².